The summed E-state index contributed by atoms with van der Waals surface area (Å²) in [5.74, 6) is 0.501. The zero-order valence-electron chi connectivity index (χ0n) is 16.0. The molecule has 0 amide bonds. The van der Waals surface area contributed by atoms with Crippen LogP contribution in [-0.4, -0.2) is 39.5 Å². The molecule has 0 aliphatic carbocycles. The largest absolute Gasteiger partial charge is 0.306 e. The Morgan fingerprint density at radius 3 is 1.71 bits per heavy atom. The lowest BCUT2D eigenvalue weighted by atomic mass is 10.2. The monoisotopic (exact) mass is 357 g/mol. The van der Waals surface area contributed by atoms with Gasteiger partial charge in [0.1, 0.15) is 20.2 Å². The molecule has 0 saturated carbocycles. The number of hydrogen-bond acceptors (Lipinski definition) is 9. The molecule has 0 aliphatic rings. The fourth-order valence-corrected chi connectivity index (χ4v) is 0.766. The molecule has 0 aromatic heterocycles. The first kappa shape index (κ1) is 28.4. The van der Waals surface area contributed by atoms with Gasteiger partial charge in [-0.3, -0.25) is 0 Å². The molecule has 0 radical (unpaired) electrons. The number of hydrogen-bond donors (Lipinski definition) is 3. The molecule has 0 fully saturated rings. The minimum absolute atomic E-state index is 0.129. The highest BCUT2D eigenvalue weighted by Crippen LogP contribution is 1.94. The van der Waals surface area contributed by atoms with Crippen LogP contribution >= 0.6 is 0 Å². The highest BCUT2D eigenvalue weighted by atomic mass is 17.2. The summed E-state index contributed by atoms with van der Waals surface area (Å²) >= 11 is 0. The van der Waals surface area contributed by atoms with Crippen LogP contribution in [0.2, 0.25) is 0 Å². The van der Waals surface area contributed by atoms with E-state index >= 15 is 0 Å². The lowest BCUT2D eigenvalue weighted by Crippen LogP contribution is -2.11. The summed E-state index contributed by atoms with van der Waals surface area (Å²) in [6.45, 7) is 11.8. The maximum Gasteiger partial charge on any atom is 0.130 e. The standard InChI is InChI=1S/3C5H13NO2/c1-5(2)3-7-8-4-6;1-3-5(2)8-7-4-6;1-2-3-4-7-8-5-6/h2*5H,3-4,6H2,1-2H3;2-6H2,1H3. The van der Waals surface area contributed by atoms with Crippen molar-refractivity contribution in [2.75, 3.05) is 33.4 Å². The topological polar surface area (TPSA) is 133 Å². The van der Waals surface area contributed by atoms with E-state index in [1.165, 1.54) is 0 Å². The molecule has 0 spiro atoms. The smallest absolute Gasteiger partial charge is 0.130 e. The maximum absolute atomic E-state index is 4.98. The molecule has 24 heavy (non-hydrogen) atoms. The van der Waals surface area contributed by atoms with E-state index in [1.54, 1.807) is 0 Å². The van der Waals surface area contributed by atoms with Gasteiger partial charge in [0, 0.05) is 0 Å². The fourth-order valence-electron chi connectivity index (χ4n) is 0.766. The number of nitrogens with two attached hydrogens (primary N) is 3. The Labute approximate surface area is 146 Å². The van der Waals surface area contributed by atoms with E-state index < -0.39 is 0 Å². The molecular weight excluding hydrogens is 318 g/mol. The highest BCUT2D eigenvalue weighted by Gasteiger charge is 1.95. The second-order valence-corrected chi connectivity index (χ2v) is 5.02. The molecule has 0 saturated heterocycles. The molecule has 6 N–H and O–H groups in total. The molecule has 0 aliphatic heterocycles. The normalized spacial score (nSPS) is 11.4. The third-order valence-electron chi connectivity index (χ3n) is 2.16. The van der Waals surface area contributed by atoms with Crippen molar-refractivity contribution in [1.29, 1.82) is 0 Å². The van der Waals surface area contributed by atoms with Crippen LogP contribution in [0.25, 0.3) is 0 Å². The van der Waals surface area contributed by atoms with Crippen molar-refractivity contribution in [1.82, 2.24) is 0 Å². The van der Waals surface area contributed by atoms with Crippen molar-refractivity contribution >= 4 is 0 Å². The summed E-state index contributed by atoms with van der Waals surface area (Å²) in [7, 11) is 0. The van der Waals surface area contributed by atoms with Crippen molar-refractivity contribution in [3.63, 3.8) is 0 Å². The summed E-state index contributed by atoms with van der Waals surface area (Å²) in [6, 6.07) is 0. The van der Waals surface area contributed by atoms with Crippen LogP contribution in [0.3, 0.4) is 0 Å². The van der Waals surface area contributed by atoms with E-state index in [0.717, 1.165) is 19.3 Å². The Bertz CT molecular complexity index is 196. The Balaban J connectivity index is -0.000000276. The molecule has 1 atom stereocenters. The minimum atomic E-state index is 0.129. The highest BCUT2D eigenvalue weighted by molar-refractivity contribution is 4.37. The van der Waals surface area contributed by atoms with E-state index in [4.69, 9.17) is 22.1 Å². The van der Waals surface area contributed by atoms with Gasteiger partial charge in [-0.2, -0.15) is 0 Å². The summed E-state index contributed by atoms with van der Waals surface area (Å²) in [5.41, 5.74) is 14.9. The SMILES string of the molecule is CC(C)COOCN.CCC(C)OOCN.CCCCOOCN. The summed E-state index contributed by atoms with van der Waals surface area (Å²) in [4.78, 5) is 27.2. The lowest BCUT2D eigenvalue weighted by molar-refractivity contribution is -0.319. The summed E-state index contributed by atoms with van der Waals surface area (Å²) in [5, 5.41) is 0. The van der Waals surface area contributed by atoms with Crippen LogP contribution in [0.1, 0.15) is 53.9 Å². The zero-order valence-corrected chi connectivity index (χ0v) is 16.0. The predicted molar refractivity (Wildman–Crippen MR) is 92.9 cm³/mol. The van der Waals surface area contributed by atoms with Gasteiger partial charge in [-0.25, -0.2) is 29.3 Å². The molecule has 9 heteroatoms. The van der Waals surface area contributed by atoms with Gasteiger partial charge in [0.25, 0.3) is 0 Å². The van der Waals surface area contributed by atoms with Gasteiger partial charge in [-0.15, -0.1) is 0 Å². The first-order chi connectivity index (χ1) is 11.5. The fraction of sp³-hybridized carbons (Fsp3) is 1.00. The summed E-state index contributed by atoms with van der Waals surface area (Å²) in [6.07, 6.45) is 3.24. The molecule has 0 rings (SSSR count). The average Bonchev–Trinajstić information content (AvgIpc) is 2.58. The van der Waals surface area contributed by atoms with Gasteiger partial charge < -0.3 is 17.2 Å². The van der Waals surface area contributed by atoms with Crippen molar-refractivity contribution in [2.45, 2.75) is 60.0 Å². The van der Waals surface area contributed by atoms with E-state index in [1.807, 2.05) is 27.7 Å². The van der Waals surface area contributed by atoms with Gasteiger partial charge >= 0.3 is 0 Å². The first-order valence-corrected chi connectivity index (χ1v) is 8.37. The zero-order chi connectivity index (χ0) is 19.1. The maximum atomic E-state index is 4.98. The van der Waals surface area contributed by atoms with Gasteiger partial charge in [-0.05, 0) is 25.7 Å². The molecular formula is C15H39N3O6. The van der Waals surface area contributed by atoms with Crippen molar-refractivity contribution < 1.29 is 29.3 Å². The van der Waals surface area contributed by atoms with Gasteiger partial charge in [0.05, 0.1) is 19.3 Å². The van der Waals surface area contributed by atoms with Crippen molar-refractivity contribution in [2.24, 2.45) is 23.1 Å². The van der Waals surface area contributed by atoms with Crippen LogP contribution in [0, 0.1) is 5.92 Å². The first-order valence-electron chi connectivity index (χ1n) is 8.37. The number of rotatable bonds is 13. The molecule has 0 heterocycles. The second kappa shape index (κ2) is 27.5. The second-order valence-electron chi connectivity index (χ2n) is 5.02. The molecule has 1 unspecified atom stereocenters. The van der Waals surface area contributed by atoms with E-state index in [0.29, 0.717) is 19.1 Å². The Hall–Kier alpha value is -0.360. The molecule has 0 bridgehead atoms. The Morgan fingerprint density at radius 1 is 0.750 bits per heavy atom. The van der Waals surface area contributed by atoms with Crippen LogP contribution in [0.15, 0.2) is 0 Å². The summed E-state index contributed by atoms with van der Waals surface area (Å²) < 4.78 is 0. The van der Waals surface area contributed by atoms with Gasteiger partial charge in [0.2, 0.25) is 0 Å². The predicted octanol–water partition coefficient (Wildman–Crippen LogP) is 1.81. The van der Waals surface area contributed by atoms with E-state index in [2.05, 4.69) is 31.4 Å². The molecule has 9 nitrogen and oxygen atoms in total. The van der Waals surface area contributed by atoms with E-state index in [9.17, 15) is 0 Å². The van der Waals surface area contributed by atoms with E-state index in [-0.39, 0.29) is 26.3 Å². The molecule has 0 aromatic rings. The third kappa shape index (κ3) is 37.7. The van der Waals surface area contributed by atoms with Crippen molar-refractivity contribution in [3.05, 3.63) is 0 Å². The van der Waals surface area contributed by atoms with Gasteiger partial charge in [-0.1, -0.05) is 34.1 Å². The number of unbranched alkanes of at least 4 members (excludes halogenated alkanes) is 1. The quantitative estimate of drug-likeness (QED) is 0.195. The molecule has 150 valence electrons. The van der Waals surface area contributed by atoms with Crippen LogP contribution in [-0.2, 0) is 29.3 Å². The van der Waals surface area contributed by atoms with Crippen LogP contribution in [0.4, 0.5) is 0 Å². The van der Waals surface area contributed by atoms with Gasteiger partial charge in [0.15, 0.2) is 0 Å². The van der Waals surface area contributed by atoms with Crippen LogP contribution < -0.4 is 17.2 Å². The third-order valence-corrected chi connectivity index (χ3v) is 2.16. The van der Waals surface area contributed by atoms with Crippen molar-refractivity contribution in [3.8, 4) is 0 Å². The van der Waals surface area contributed by atoms with Crippen LogP contribution in [0.5, 0.6) is 0 Å². The lowest BCUT2D eigenvalue weighted by Gasteiger charge is -2.06. The Kier molecular flexibility index (Phi) is 32.6. The Morgan fingerprint density at radius 2 is 1.29 bits per heavy atom. The average molecular weight is 357 g/mol. The molecule has 0 aromatic carbocycles. The minimum Gasteiger partial charge on any atom is -0.306 e.